The molecule has 8 heteroatoms. The van der Waals surface area contributed by atoms with Crippen LogP contribution in [0.4, 0.5) is 0 Å². The van der Waals surface area contributed by atoms with E-state index in [2.05, 4.69) is 15.9 Å². The van der Waals surface area contributed by atoms with Gasteiger partial charge in [-0.05, 0) is 43.0 Å². The molecule has 3 aromatic rings. The first kappa shape index (κ1) is 19.9. The highest BCUT2D eigenvalue weighted by Crippen LogP contribution is 2.39. The first-order valence-electron chi connectivity index (χ1n) is 9.73. The van der Waals surface area contributed by atoms with E-state index in [4.69, 9.17) is 23.5 Å². The number of rotatable bonds is 7. The Bertz CT molecular complexity index is 1060. The minimum absolute atomic E-state index is 0.273. The van der Waals surface area contributed by atoms with E-state index in [1.54, 1.807) is 28.3 Å². The van der Waals surface area contributed by atoms with Crippen LogP contribution in [0.15, 0.2) is 29.0 Å². The van der Waals surface area contributed by atoms with Gasteiger partial charge in [-0.3, -0.25) is 0 Å². The van der Waals surface area contributed by atoms with E-state index in [-0.39, 0.29) is 5.69 Å². The smallest absolute Gasteiger partial charge is 0.360 e. The van der Waals surface area contributed by atoms with Gasteiger partial charge in [0, 0.05) is 30.1 Å². The van der Waals surface area contributed by atoms with Crippen LogP contribution in [0.25, 0.3) is 11.3 Å². The van der Waals surface area contributed by atoms with Crippen molar-refractivity contribution in [3.05, 3.63) is 46.9 Å². The lowest BCUT2D eigenvalue weighted by Gasteiger charge is -2.14. The monoisotopic (exact) mass is 412 g/mol. The van der Waals surface area contributed by atoms with E-state index in [1.807, 2.05) is 18.3 Å². The van der Waals surface area contributed by atoms with Crippen LogP contribution in [-0.4, -0.2) is 43.6 Å². The first-order chi connectivity index (χ1) is 14.6. The summed E-state index contributed by atoms with van der Waals surface area (Å²) in [6.07, 6.45) is 5.59. The van der Waals surface area contributed by atoms with Crippen LogP contribution in [0.5, 0.6) is 17.2 Å². The van der Waals surface area contributed by atoms with E-state index in [0.29, 0.717) is 42.6 Å². The van der Waals surface area contributed by atoms with Crippen molar-refractivity contribution in [2.24, 2.45) is 0 Å². The summed E-state index contributed by atoms with van der Waals surface area (Å²) in [7, 11) is 4.78. The average molecular weight is 412 g/mol. The van der Waals surface area contributed by atoms with Crippen LogP contribution < -0.4 is 14.2 Å². The Morgan fingerprint density at radius 1 is 1.10 bits per heavy atom. The SMILES string of the molecule is CCOC(=O)c1noc2c1CCc1cn(Cc3cc(OC)c(OC)c(OC)c3)cc1-2. The third-order valence-electron chi connectivity index (χ3n) is 5.20. The number of carbonyl (C=O) groups excluding carboxylic acids is 1. The summed E-state index contributed by atoms with van der Waals surface area (Å²) in [6.45, 7) is 2.68. The third-order valence-corrected chi connectivity index (χ3v) is 5.20. The zero-order valence-electron chi connectivity index (χ0n) is 17.5. The maximum atomic E-state index is 12.1. The maximum Gasteiger partial charge on any atom is 0.360 e. The zero-order chi connectivity index (χ0) is 21.3. The molecule has 0 radical (unpaired) electrons. The van der Waals surface area contributed by atoms with Crippen molar-refractivity contribution in [2.75, 3.05) is 27.9 Å². The fraction of sp³-hybridized carbons (Fsp3) is 0.364. The van der Waals surface area contributed by atoms with Crippen LogP contribution in [0.3, 0.4) is 0 Å². The second-order valence-corrected chi connectivity index (χ2v) is 6.96. The molecule has 0 bridgehead atoms. The van der Waals surface area contributed by atoms with Crippen LogP contribution in [-0.2, 0) is 24.1 Å². The molecule has 158 valence electrons. The van der Waals surface area contributed by atoms with Gasteiger partial charge in [0.25, 0.3) is 0 Å². The third kappa shape index (κ3) is 3.38. The molecule has 0 spiro atoms. The number of nitrogens with zero attached hydrogens (tertiary/aromatic N) is 2. The lowest BCUT2D eigenvalue weighted by atomic mass is 9.93. The molecule has 0 aliphatic heterocycles. The number of methoxy groups -OCH3 is 3. The number of aromatic nitrogens is 2. The summed E-state index contributed by atoms with van der Waals surface area (Å²) in [5.74, 6) is 1.99. The normalized spacial score (nSPS) is 12.1. The predicted molar refractivity (Wildman–Crippen MR) is 108 cm³/mol. The number of ether oxygens (including phenoxy) is 4. The highest BCUT2D eigenvalue weighted by Gasteiger charge is 2.29. The summed E-state index contributed by atoms with van der Waals surface area (Å²) >= 11 is 0. The molecule has 2 heterocycles. The summed E-state index contributed by atoms with van der Waals surface area (Å²) in [5, 5.41) is 3.97. The number of hydrogen-bond donors (Lipinski definition) is 0. The van der Waals surface area contributed by atoms with Gasteiger partial charge in [-0.15, -0.1) is 0 Å². The molecule has 8 nitrogen and oxygen atoms in total. The van der Waals surface area contributed by atoms with Crippen LogP contribution in [0, 0.1) is 0 Å². The molecule has 0 amide bonds. The molecular formula is C22H24N2O6. The molecule has 0 unspecified atom stereocenters. The lowest BCUT2D eigenvalue weighted by Crippen LogP contribution is -2.10. The number of aryl methyl sites for hydroxylation is 1. The van der Waals surface area contributed by atoms with Gasteiger partial charge in [-0.25, -0.2) is 4.79 Å². The maximum absolute atomic E-state index is 12.1. The minimum atomic E-state index is -0.442. The molecule has 1 aliphatic carbocycles. The highest BCUT2D eigenvalue weighted by molar-refractivity contribution is 5.91. The molecule has 0 N–H and O–H groups in total. The first-order valence-corrected chi connectivity index (χ1v) is 9.73. The second-order valence-electron chi connectivity index (χ2n) is 6.96. The number of esters is 1. The van der Waals surface area contributed by atoms with E-state index >= 15 is 0 Å². The Morgan fingerprint density at radius 3 is 2.47 bits per heavy atom. The molecule has 0 fully saturated rings. The van der Waals surface area contributed by atoms with Crippen LogP contribution >= 0.6 is 0 Å². The molecular weight excluding hydrogens is 388 g/mol. The summed E-state index contributed by atoms with van der Waals surface area (Å²) < 4.78 is 29.0. The number of hydrogen-bond acceptors (Lipinski definition) is 7. The summed E-state index contributed by atoms with van der Waals surface area (Å²) in [5.41, 5.74) is 4.19. The Balaban J connectivity index is 1.65. The van der Waals surface area contributed by atoms with Gasteiger partial charge < -0.3 is 28.0 Å². The second kappa shape index (κ2) is 8.14. The molecule has 4 rings (SSSR count). The Hall–Kier alpha value is -3.42. The zero-order valence-corrected chi connectivity index (χ0v) is 17.5. The largest absolute Gasteiger partial charge is 0.493 e. The fourth-order valence-corrected chi connectivity index (χ4v) is 3.86. The Kier molecular flexibility index (Phi) is 5.39. The number of benzene rings is 1. The van der Waals surface area contributed by atoms with Crippen LogP contribution in [0.1, 0.15) is 34.1 Å². The minimum Gasteiger partial charge on any atom is -0.493 e. The standard InChI is InChI=1S/C22H24N2O6/c1-5-29-22(25)19-15-7-6-14-11-24(12-16(14)20(15)30-23-19)10-13-8-17(26-2)21(28-4)18(9-13)27-3/h8-9,11-12H,5-7,10H2,1-4H3. The highest BCUT2D eigenvalue weighted by atomic mass is 16.5. The fourth-order valence-electron chi connectivity index (χ4n) is 3.86. The van der Waals surface area contributed by atoms with E-state index in [1.165, 1.54) is 0 Å². The van der Waals surface area contributed by atoms with Crippen molar-refractivity contribution in [1.82, 2.24) is 9.72 Å². The lowest BCUT2D eigenvalue weighted by molar-refractivity contribution is 0.0513. The Labute approximate surface area is 174 Å². The van der Waals surface area contributed by atoms with Gasteiger partial charge in [0.2, 0.25) is 5.75 Å². The van der Waals surface area contributed by atoms with Gasteiger partial charge in [0.05, 0.1) is 27.9 Å². The molecule has 30 heavy (non-hydrogen) atoms. The van der Waals surface area contributed by atoms with Crippen molar-refractivity contribution >= 4 is 5.97 Å². The number of carbonyl (C=O) groups is 1. The van der Waals surface area contributed by atoms with E-state index < -0.39 is 5.97 Å². The van der Waals surface area contributed by atoms with Crippen LogP contribution in [0.2, 0.25) is 0 Å². The van der Waals surface area contributed by atoms with Crippen molar-refractivity contribution in [3.8, 4) is 28.6 Å². The number of fused-ring (bicyclic) bond motifs is 3. The van der Waals surface area contributed by atoms with Gasteiger partial charge in [-0.1, -0.05) is 5.16 Å². The van der Waals surface area contributed by atoms with Gasteiger partial charge >= 0.3 is 5.97 Å². The quantitative estimate of drug-likeness (QED) is 0.549. The Morgan fingerprint density at radius 2 is 1.83 bits per heavy atom. The van der Waals surface area contributed by atoms with Crippen molar-refractivity contribution in [3.63, 3.8) is 0 Å². The van der Waals surface area contributed by atoms with E-state index in [0.717, 1.165) is 28.7 Å². The summed E-state index contributed by atoms with van der Waals surface area (Å²) in [4.78, 5) is 12.1. The van der Waals surface area contributed by atoms with Crippen molar-refractivity contribution in [2.45, 2.75) is 26.3 Å². The summed E-state index contributed by atoms with van der Waals surface area (Å²) in [6, 6.07) is 3.86. The average Bonchev–Trinajstić information content (AvgIpc) is 3.36. The van der Waals surface area contributed by atoms with Gasteiger partial charge in [0.1, 0.15) is 0 Å². The molecule has 0 atom stereocenters. The van der Waals surface area contributed by atoms with Gasteiger partial charge in [0.15, 0.2) is 23.0 Å². The van der Waals surface area contributed by atoms with E-state index in [9.17, 15) is 4.79 Å². The topological polar surface area (TPSA) is 85.0 Å². The molecule has 0 saturated carbocycles. The van der Waals surface area contributed by atoms with Crippen molar-refractivity contribution < 1.29 is 28.3 Å². The molecule has 1 aromatic carbocycles. The predicted octanol–water partition coefficient (Wildman–Crippen LogP) is 3.49. The van der Waals surface area contributed by atoms with Gasteiger partial charge in [-0.2, -0.15) is 0 Å². The molecule has 1 aliphatic rings. The molecule has 2 aromatic heterocycles. The molecule has 0 saturated heterocycles. The van der Waals surface area contributed by atoms with Crippen molar-refractivity contribution in [1.29, 1.82) is 0 Å².